The van der Waals surface area contributed by atoms with Crippen molar-refractivity contribution in [2.24, 2.45) is 7.05 Å². The van der Waals surface area contributed by atoms with Crippen LogP contribution in [0.25, 0.3) is 0 Å². The summed E-state index contributed by atoms with van der Waals surface area (Å²) in [5.74, 6) is 0.893. The molecule has 1 aliphatic heterocycles. The SMILES string of the molecule is CC(NCC1CCCCN1C(=O)OC(C)(C)C)c1nncn1C. The predicted octanol–water partition coefficient (Wildman–Crippen LogP) is 2.26. The van der Waals surface area contributed by atoms with Crippen molar-refractivity contribution < 1.29 is 9.53 Å². The van der Waals surface area contributed by atoms with Gasteiger partial charge in [-0.1, -0.05) is 0 Å². The molecule has 1 N–H and O–H groups in total. The molecule has 1 fully saturated rings. The van der Waals surface area contributed by atoms with Crippen molar-refractivity contribution in [3.05, 3.63) is 12.2 Å². The molecule has 0 aliphatic carbocycles. The second-order valence-corrected chi connectivity index (χ2v) is 7.25. The standard InChI is InChI=1S/C16H29N5O2/c1-12(14-19-18-11-20(14)5)17-10-13-8-6-7-9-21(13)15(22)23-16(2,3)4/h11-13,17H,6-10H2,1-5H3. The highest BCUT2D eigenvalue weighted by Crippen LogP contribution is 2.20. The van der Waals surface area contributed by atoms with Crippen LogP contribution in [-0.4, -0.2) is 50.5 Å². The molecule has 1 amide bonds. The van der Waals surface area contributed by atoms with Crippen molar-refractivity contribution in [2.75, 3.05) is 13.1 Å². The number of ether oxygens (including phenoxy) is 1. The Hall–Kier alpha value is -1.63. The van der Waals surface area contributed by atoms with Gasteiger partial charge in [0.1, 0.15) is 17.8 Å². The summed E-state index contributed by atoms with van der Waals surface area (Å²) < 4.78 is 7.45. The first-order valence-corrected chi connectivity index (χ1v) is 8.35. The Labute approximate surface area is 138 Å². The first-order chi connectivity index (χ1) is 10.8. The van der Waals surface area contributed by atoms with Crippen LogP contribution in [0, 0.1) is 0 Å². The van der Waals surface area contributed by atoms with E-state index in [1.165, 1.54) is 0 Å². The van der Waals surface area contributed by atoms with Crippen LogP contribution in [0.4, 0.5) is 4.79 Å². The van der Waals surface area contributed by atoms with E-state index in [-0.39, 0.29) is 18.2 Å². The molecule has 2 heterocycles. The van der Waals surface area contributed by atoms with Gasteiger partial charge in [-0.3, -0.25) is 0 Å². The van der Waals surface area contributed by atoms with Crippen LogP contribution in [0.5, 0.6) is 0 Å². The molecule has 1 saturated heterocycles. The molecule has 1 aliphatic rings. The number of carbonyl (C=O) groups is 1. The summed E-state index contributed by atoms with van der Waals surface area (Å²) in [7, 11) is 1.93. The van der Waals surface area contributed by atoms with E-state index < -0.39 is 5.60 Å². The summed E-state index contributed by atoms with van der Waals surface area (Å²) in [5, 5.41) is 11.5. The van der Waals surface area contributed by atoms with Gasteiger partial charge in [-0.2, -0.15) is 0 Å². The number of amides is 1. The Morgan fingerprint density at radius 2 is 2.22 bits per heavy atom. The number of aryl methyl sites for hydroxylation is 1. The maximum absolute atomic E-state index is 12.4. The van der Waals surface area contributed by atoms with E-state index in [2.05, 4.69) is 22.4 Å². The molecule has 130 valence electrons. The van der Waals surface area contributed by atoms with E-state index in [0.29, 0.717) is 0 Å². The average molecular weight is 323 g/mol. The molecule has 1 aromatic heterocycles. The van der Waals surface area contributed by atoms with Crippen LogP contribution in [0.1, 0.15) is 58.8 Å². The number of nitrogens with one attached hydrogen (secondary N) is 1. The quantitative estimate of drug-likeness (QED) is 0.920. The summed E-state index contributed by atoms with van der Waals surface area (Å²) in [6, 6.07) is 0.249. The topological polar surface area (TPSA) is 72.3 Å². The van der Waals surface area contributed by atoms with Crippen LogP contribution >= 0.6 is 0 Å². The number of nitrogens with zero attached hydrogens (tertiary/aromatic N) is 4. The van der Waals surface area contributed by atoms with Gasteiger partial charge in [-0.25, -0.2) is 4.79 Å². The summed E-state index contributed by atoms with van der Waals surface area (Å²) in [4.78, 5) is 14.3. The second-order valence-electron chi connectivity index (χ2n) is 7.25. The maximum Gasteiger partial charge on any atom is 0.410 e. The molecule has 7 nitrogen and oxygen atoms in total. The maximum atomic E-state index is 12.4. The third-order valence-electron chi connectivity index (χ3n) is 4.05. The van der Waals surface area contributed by atoms with Gasteiger partial charge < -0.3 is 19.5 Å². The lowest BCUT2D eigenvalue weighted by atomic mass is 10.0. The van der Waals surface area contributed by atoms with Gasteiger partial charge in [0.25, 0.3) is 0 Å². The van der Waals surface area contributed by atoms with Crippen molar-refractivity contribution in [3.8, 4) is 0 Å². The molecule has 0 aromatic carbocycles. The lowest BCUT2D eigenvalue weighted by Gasteiger charge is -2.37. The predicted molar refractivity (Wildman–Crippen MR) is 88.0 cm³/mol. The molecule has 0 bridgehead atoms. The lowest BCUT2D eigenvalue weighted by Crippen LogP contribution is -2.50. The molecule has 0 saturated carbocycles. The largest absolute Gasteiger partial charge is 0.444 e. The molecule has 0 spiro atoms. The van der Waals surface area contributed by atoms with E-state index >= 15 is 0 Å². The summed E-state index contributed by atoms with van der Waals surface area (Å²) in [5.41, 5.74) is -0.460. The number of hydrogen-bond donors (Lipinski definition) is 1. The summed E-state index contributed by atoms with van der Waals surface area (Å²) >= 11 is 0. The number of carbonyl (C=O) groups excluding carboxylic acids is 1. The van der Waals surface area contributed by atoms with Gasteiger partial charge in [0.05, 0.1) is 6.04 Å². The molecule has 2 unspecified atom stereocenters. The minimum absolute atomic E-state index is 0.0879. The minimum Gasteiger partial charge on any atom is -0.444 e. The highest BCUT2D eigenvalue weighted by Gasteiger charge is 2.30. The first kappa shape index (κ1) is 17.7. The van der Waals surface area contributed by atoms with Gasteiger partial charge in [-0.15, -0.1) is 10.2 Å². The smallest absolute Gasteiger partial charge is 0.410 e. The molecule has 7 heteroatoms. The molecular weight excluding hydrogens is 294 g/mol. The Balaban J connectivity index is 1.93. The van der Waals surface area contributed by atoms with Crippen LogP contribution in [-0.2, 0) is 11.8 Å². The van der Waals surface area contributed by atoms with Crippen molar-refractivity contribution in [3.63, 3.8) is 0 Å². The van der Waals surface area contributed by atoms with E-state index in [9.17, 15) is 4.79 Å². The van der Waals surface area contributed by atoms with E-state index in [4.69, 9.17) is 4.74 Å². The van der Waals surface area contributed by atoms with Crippen LogP contribution < -0.4 is 5.32 Å². The van der Waals surface area contributed by atoms with Crippen molar-refractivity contribution in [1.82, 2.24) is 25.0 Å². The highest BCUT2D eigenvalue weighted by molar-refractivity contribution is 5.68. The molecule has 0 radical (unpaired) electrons. The highest BCUT2D eigenvalue weighted by atomic mass is 16.6. The second kappa shape index (κ2) is 7.29. The van der Waals surface area contributed by atoms with Crippen molar-refractivity contribution >= 4 is 6.09 Å². The molecular formula is C16H29N5O2. The molecule has 1 aromatic rings. The Morgan fingerprint density at radius 1 is 1.48 bits per heavy atom. The molecule has 23 heavy (non-hydrogen) atoms. The number of likely N-dealkylation sites (tertiary alicyclic amines) is 1. The number of piperidine rings is 1. The zero-order chi connectivity index (χ0) is 17.0. The van der Waals surface area contributed by atoms with Gasteiger partial charge in [-0.05, 0) is 47.0 Å². The van der Waals surface area contributed by atoms with E-state index in [1.54, 1.807) is 6.33 Å². The third-order valence-corrected chi connectivity index (χ3v) is 4.05. The van der Waals surface area contributed by atoms with Gasteiger partial charge >= 0.3 is 6.09 Å². The Bertz CT molecular complexity index is 523. The number of aromatic nitrogens is 3. The number of rotatable bonds is 4. The normalized spacial score (nSPS) is 20.4. The fraction of sp³-hybridized carbons (Fsp3) is 0.812. The van der Waals surface area contributed by atoms with Crippen LogP contribution in [0.2, 0.25) is 0 Å². The van der Waals surface area contributed by atoms with Crippen LogP contribution in [0.15, 0.2) is 6.33 Å². The van der Waals surface area contributed by atoms with Crippen molar-refractivity contribution in [2.45, 2.75) is 64.6 Å². The summed E-state index contributed by atoms with van der Waals surface area (Å²) in [6.45, 7) is 9.26. The fourth-order valence-electron chi connectivity index (χ4n) is 2.86. The Morgan fingerprint density at radius 3 is 2.83 bits per heavy atom. The minimum atomic E-state index is -0.460. The zero-order valence-corrected chi connectivity index (χ0v) is 14.9. The third kappa shape index (κ3) is 4.92. The monoisotopic (exact) mass is 323 g/mol. The Kier molecular flexibility index (Phi) is 5.62. The zero-order valence-electron chi connectivity index (χ0n) is 14.9. The first-order valence-electron chi connectivity index (χ1n) is 8.35. The average Bonchev–Trinajstić information content (AvgIpc) is 2.89. The van der Waals surface area contributed by atoms with Gasteiger partial charge in [0.2, 0.25) is 0 Å². The van der Waals surface area contributed by atoms with Crippen LogP contribution in [0.3, 0.4) is 0 Å². The van der Waals surface area contributed by atoms with E-state index in [1.807, 2.05) is 37.3 Å². The number of hydrogen-bond acceptors (Lipinski definition) is 5. The van der Waals surface area contributed by atoms with Gasteiger partial charge in [0, 0.05) is 26.2 Å². The van der Waals surface area contributed by atoms with E-state index in [0.717, 1.165) is 38.2 Å². The van der Waals surface area contributed by atoms with Gasteiger partial charge in [0.15, 0.2) is 0 Å². The fourth-order valence-corrected chi connectivity index (χ4v) is 2.86. The summed E-state index contributed by atoms with van der Waals surface area (Å²) in [6.07, 6.45) is 4.66. The lowest BCUT2D eigenvalue weighted by molar-refractivity contribution is 0.00967. The van der Waals surface area contributed by atoms with Crippen molar-refractivity contribution in [1.29, 1.82) is 0 Å². The molecule has 2 rings (SSSR count). The molecule has 2 atom stereocenters.